The fourth-order valence-electron chi connectivity index (χ4n) is 0. The van der Waals surface area contributed by atoms with Crippen molar-refractivity contribution in [2.24, 2.45) is 0 Å². The van der Waals surface area contributed by atoms with Crippen LogP contribution < -0.4 is 118 Å². The molecule has 0 amide bonds. The van der Waals surface area contributed by atoms with Gasteiger partial charge in [-0.1, -0.05) is 0 Å². The van der Waals surface area contributed by atoms with E-state index in [1.807, 2.05) is 0 Å². The molecule has 0 fully saturated rings. The monoisotopic (exact) mass is 264 g/mol. The molecule has 0 saturated heterocycles. The molecule has 1 unspecified atom stereocenters. The molecular weight excluding hydrogens is 264 g/mol. The second kappa shape index (κ2) is 29.7. The van der Waals surface area contributed by atoms with Gasteiger partial charge in [-0.2, -0.15) is 0 Å². The molecule has 0 bridgehead atoms. The van der Waals surface area contributed by atoms with Gasteiger partial charge >= 0.3 is 88.7 Å². The molecule has 0 radical (unpaired) electrons. The summed E-state index contributed by atoms with van der Waals surface area (Å²) in [5, 5.41) is 0. The van der Waals surface area contributed by atoms with E-state index in [9.17, 15) is 0 Å². The van der Waals surface area contributed by atoms with E-state index in [4.69, 9.17) is 13.3 Å². The molecule has 3 nitrogen and oxygen atoms in total. The Hall–Kier alpha value is 3.84. The third-order valence-electron chi connectivity index (χ3n) is 0. The molecule has 9 heavy (non-hydrogen) atoms. The minimum atomic E-state index is -2.86. The molecule has 0 aliphatic heterocycles. The van der Waals surface area contributed by atoms with Gasteiger partial charge in [0, 0.05) is 0 Å². The summed E-state index contributed by atoms with van der Waals surface area (Å²) in [7, 11) is 0. The van der Waals surface area contributed by atoms with Crippen molar-refractivity contribution in [2.45, 2.75) is 0 Å². The average Bonchev–Trinajstić information content (AvgIpc) is 0.811. The van der Waals surface area contributed by atoms with Crippen LogP contribution in [-0.2, 0) is 11.4 Å². The van der Waals surface area contributed by atoms with E-state index in [1.165, 1.54) is 0 Å². The Balaban J connectivity index is -0.00000000450. The number of halogens is 2. The summed E-state index contributed by atoms with van der Waals surface area (Å²) in [4.78, 5) is 0. The molecule has 0 aromatic rings. The predicted molar refractivity (Wildman–Crippen MR) is 11.5 cm³/mol. The van der Waals surface area contributed by atoms with Crippen molar-refractivity contribution in [3.05, 3.63) is 0 Å². The molecule has 0 aliphatic rings. The maximum Gasteiger partial charge on any atom is 1.00 e. The molecule has 0 aromatic carbocycles. The zero-order valence-electron chi connectivity index (χ0n) is 5.43. The summed E-state index contributed by atoms with van der Waals surface area (Å²) in [6.07, 6.45) is 0. The second-order valence-electron chi connectivity index (χ2n) is 0.217. The van der Waals surface area contributed by atoms with Crippen LogP contribution in [0.2, 0.25) is 0 Å². The van der Waals surface area contributed by atoms with Gasteiger partial charge in [0.1, 0.15) is 0 Å². The molecule has 0 saturated carbocycles. The van der Waals surface area contributed by atoms with Gasteiger partial charge in [-0.05, 0) is 0 Å². The first-order valence-electron chi connectivity index (χ1n) is 0.516. The smallest absolute Gasteiger partial charge is 1.00 e. The fraction of sp³-hybridized carbons (Fsp3) is 0. The topological polar surface area (TPSA) is 60.4 Å². The molecule has 0 heterocycles. The van der Waals surface area contributed by atoms with E-state index in [1.54, 1.807) is 0 Å². The van der Waals surface area contributed by atoms with E-state index in [0.29, 0.717) is 0 Å². The number of hydrogen-bond acceptors (Lipinski definition) is 2. The Kier molecular flexibility index (Phi) is 127. The summed E-state index contributed by atoms with van der Waals surface area (Å²) in [5.41, 5.74) is 0. The van der Waals surface area contributed by atoms with Crippen molar-refractivity contribution in [2.75, 3.05) is 0 Å². The van der Waals surface area contributed by atoms with Gasteiger partial charge in [0.05, 0.1) is 11.4 Å². The Morgan fingerprint density at radius 2 is 1.22 bits per heavy atom. The van der Waals surface area contributed by atoms with Crippen LogP contribution in [0.1, 0.15) is 0 Å². The van der Waals surface area contributed by atoms with Crippen molar-refractivity contribution >= 4 is 11.4 Å². The Morgan fingerprint density at radius 1 is 1.22 bits per heavy atom. The Bertz CT molecular complexity index is 42.0. The van der Waals surface area contributed by atoms with Gasteiger partial charge in [0.2, 0.25) is 0 Å². The third kappa shape index (κ3) is 77.7. The van der Waals surface area contributed by atoms with Crippen molar-refractivity contribution in [3.63, 3.8) is 0 Å². The van der Waals surface area contributed by atoms with Crippen LogP contribution in [0.15, 0.2) is 0 Å². The fourth-order valence-corrected chi connectivity index (χ4v) is 0. The molecule has 0 rings (SSSR count). The first-order valence-corrected chi connectivity index (χ1v) is 1.55. The molecule has 0 spiro atoms. The van der Waals surface area contributed by atoms with E-state index in [-0.39, 0.29) is 118 Å². The first kappa shape index (κ1) is 38.5. The van der Waals surface area contributed by atoms with Gasteiger partial charge in [0.25, 0.3) is 0 Å². The molecule has 1 N–H and O–H groups in total. The van der Waals surface area contributed by atoms with E-state index in [2.05, 4.69) is 0 Å². The SMILES string of the molecule is O=S([O-])O.[Br-].[Cl-].[Na+].[Na+].[Na+]. The maximum absolute atomic E-state index is 8.56. The van der Waals surface area contributed by atoms with Crippen molar-refractivity contribution in [3.8, 4) is 0 Å². The van der Waals surface area contributed by atoms with Crippen LogP contribution in [0.4, 0.5) is 0 Å². The third-order valence-corrected chi connectivity index (χ3v) is 0. The van der Waals surface area contributed by atoms with Crippen molar-refractivity contribution < 1.29 is 131 Å². The van der Waals surface area contributed by atoms with Crippen molar-refractivity contribution in [1.29, 1.82) is 0 Å². The number of rotatable bonds is 0. The Morgan fingerprint density at radius 3 is 1.22 bits per heavy atom. The first-order chi connectivity index (χ1) is 1.73. The van der Waals surface area contributed by atoms with Crippen LogP contribution in [0.3, 0.4) is 0 Å². The maximum atomic E-state index is 8.56. The van der Waals surface area contributed by atoms with E-state index >= 15 is 0 Å². The van der Waals surface area contributed by atoms with Gasteiger partial charge in [-0.25, -0.2) is 4.21 Å². The van der Waals surface area contributed by atoms with Crippen LogP contribution in [0.5, 0.6) is 0 Å². The zero-order valence-corrected chi connectivity index (χ0v) is 14.6. The van der Waals surface area contributed by atoms with Gasteiger partial charge in [-0.15, -0.1) is 0 Å². The molecule has 42 valence electrons. The average molecular weight is 265 g/mol. The largest absolute Gasteiger partial charge is 1.00 e. The van der Waals surface area contributed by atoms with E-state index < -0.39 is 11.4 Å². The van der Waals surface area contributed by atoms with Gasteiger partial charge < -0.3 is 38.5 Å². The molecule has 1 atom stereocenters. The summed E-state index contributed by atoms with van der Waals surface area (Å²) in [5.74, 6) is 0. The molecule has 0 aromatic heterocycles. The summed E-state index contributed by atoms with van der Waals surface area (Å²) in [6, 6.07) is 0. The minimum absolute atomic E-state index is 0. The van der Waals surface area contributed by atoms with Crippen LogP contribution in [-0.4, -0.2) is 13.3 Å². The normalized spacial score (nSPS) is 6.89. The summed E-state index contributed by atoms with van der Waals surface area (Å²) < 4.78 is 24.1. The summed E-state index contributed by atoms with van der Waals surface area (Å²) in [6.45, 7) is 0. The van der Waals surface area contributed by atoms with Gasteiger partial charge in [-0.3, -0.25) is 0 Å². The molecule has 9 heteroatoms. The second-order valence-corrected chi connectivity index (χ2v) is 0.651. The summed E-state index contributed by atoms with van der Waals surface area (Å²) >= 11 is -2.86. The molecule has 0 aliphatic carbocycles. The van der Waals surface area contributed by atoms with Crippen molar-refractivity contribution in [1.82, 2.24) is 0 Å². The molecular formula is HBrClNa3O3S. The standard InChI is InChI=1S/BrH.ClH.3Na.H2O3S/c;;;;;1-4(2)3/h2*1H;;;;(H2,1,2,3)/q;;3*+1;/p-3. The number of hydrogen-bond donors (Lipinski definition) is 1. The Labute approximate surface area is 140 Å². The van der Waals surface area contributed by atoms with Gasteiger partial charge in [0.15, 0.2) is 0 Å². The quantitative estimate of drug-likeness (QED) is 0.349. The zero-order chi connectivity index (χ0) is 3.58. The minimum Gasteiger partial charge on any atom is -1.00 e. The van der Waals surface area contributed by atoms with E-state index in [0.717, 1.165) is 0 Å². The van der Waals surface area contributed by atoms with Crippen LogP contribution >= 0.6 is 0 Å². The predicted octanol–water partition coefficient (Wildman–Crippen LogP) is -15.6. The van der Waals surface area contributed by atoms with Crippen LogP contribution in [0, 0.1) is 0 Å². The van der Waals surface area contributed by atoms with Crippen LogP contribution in [0.25, 0.3) is 0 Å².